The molecule has 0 fully saturated rings. The molecular formula is C11H14N4O2S. The summed E-state index contributed by atoms with van der Waals surface area (Å²) in [7, 11) is 0. The molecule has 0 saturated heterocycles. The molecule has 3 N–H and O–H groups in total. The first-order chi connectivity index (χ1) is 8.54. The number of oxazole rings is 1. The fourth-order valence-electron chi connectivity index (χ4n) is 1.49. The van der Waals surface area contributed by atoms with Crippen LogP contribution in [0, 0.1) is 6.92 Å². The Balaban J connectivity index is 1.91. The SMILES string of the molecule is Cc1cnc(C(C)NC(=O)Cc2csc(N)n2)o1. The zero-order valence-electron chi connectivity index (χ0n) is 10.1. The molecule has 2 heterocycles. The molecule has 18 heavy (non-hydrogen) atoms. The summed E-state index contributed by atoms with van der Waals surface area (Å²) in [6.45, 7) is 3.63. The van der Waals surface area contributed by atoms with Crippen LogP contribution in [0.1, 0.15) is 30.3 Å². The van der Waals surface area contributed by atoms with Gasteiger partial charge in [-0.3, -0.25) is 4.79 Å². The molecule has 2 aromatic rings. The van der Waals surface area contributed by atoms with Crippen LogP contribution < -0.4 is 11.1 Å². The number of rotatable bonds is 4. The molecule has 0 bridgehead atoms. The predicted molar refractivity (Wildman–Crippen MR) is 68.0 cm³/mol. The zero-order valence-corrected chi connectivity index (χ0v) is 11.0. The number of aryl methyl sites for hydroxylation is 1. The third kappa shape index (κ3) is 3.07. The molecule has 0 aromatic carbocycles. The molecule has 1 atom stereocenters. The van der Waals surface area contributed by atoms with E-state index in [1.807, 2.05) is 13.8 Å². The number of hydrogen-bond acceptors (Lipinski definition) is 6. The molecule has 1 unspecified atom stereocenters. The quantitative estimate of drug-likeness (QED) is 0.873. The Bertz CT molecular complexity index is 549. The molecular weight excluding hydrogens is 252 g/mol. The van der Waals surface area contributed by atoms with Gasteiger partial charge in [-0.2, -0.15) is 0 Å². The lowest BCUT2D eigenvalue weighted by atomic mass is 10.3. The van der Waals surface area contributed by atoms with Crippen molar-refractivity contribution in [1.82, 2.24) is 15.3 Å². The van der Waals surface area contributed by atoms with Crippen LogP contribution >= 0.6 is 11.3 Å². The van der Waals surface area contributed by atoms with Crippen molar-refractivity contribution in [2.45, 2.75) is 26.3 Å². The van der Waals surface area contributed by atoms with Crippen LogP contribution in [0.2, 0.25) is 0 Å². The Labute approximate surface area is 108 Å². The van der Waals surface area contributed by atoms with Crippen molar-refractivity contribution in [3.8, 4) is 0 Å². The van der Waals surface area contributed by atoms with Crippen molar-refractivity contribution in [2.75, 3.05) is 5.73 Å². The first kappa shape index (κ1) is 12.6. The standard InChI is InChI=1S/C11H14N4O2S/c1-6-4-13-10(17-6)7(2)14-9(16)3-8-5-18-11(12)15-8/h4-5,7H,3H2,1-2H3,(H2,12,15)(H,14,16). The van der Waals surface area contributed by atoms with Crippen molar-refractivity contribution in [3.05, 3.63) is 28.9 Å². The molecule has 0 aliphatic heterocycles. The highest BCUT2D eigenvalue weighted by atomic mass is 32.1. The largest absolute Gasteiger partial charge is 0.444 e. The minimum Gasteiger partial charge on any atom is -0.444 e. The maximum absolute atomic E-state index is 11.8. The maximum Gasteiger partial charge on any atom is 0.226 e. The molecule has 6 nitrogen and oxygen atoms in total. The molecule has 0 aliphatic rings. The zero-order chi connectivity index (χ0) is 13.1. The summed E-state index contributed by atoms with van der Waals surface area (Å²) in [5.74, 6) is 1.08. The van der Waals surface area contributed by atoms with Gasteiger partial charge in [0.1, 0.15) is 11.8 Å². The second-order valence-corrected chi connectivity index (χ2v) is 4.84. The van der Waals surface area contributed by atoms with Gasteiger partial charge in [-0.25, -0.2) is 9.97 Å². The van der Waals surface area contributed by atoms with Gasteiger partial charge in [-0.1, -0.05) is 0 Å². The van der Waals surface area contributed by atoms with Gasteiger partial charge < -0.3 is 15.5 Å². The molecule has 0 aliphatic carbocycles. The number of nitrogen functional groups attached to an aromatic ring is 1. The Kier molecular flexibility index (Phi) is 3.61. The van der Waals surface area contributed by atoms with Crippen LogP contribution in [0.4, 0.5) is 5.13 Å². The number of hydrogen-bond donors (Lipinski definition) is 2. The summed E-state index contributed by atoms with van der Waals surface area (Å²) in [4.78, 5) is 19.9. The van der Waals surface area contributed by atoms with E-state index in [1.54, 1.807) is 11.6 Å². The van der Waals surface area contributed by atoms with Gasteiger partial charge >= 0.3 is 0 Å². The second kappa shape index (κ2) is 5.18. The van der Waals surface area contributed by atoms with Gasteiger partial charge in [-0.05, 0) is 13.8 Å². The lowest BCUT2D eigenvalue weighted by Gasteiger charge is -2.09. The van der Waals surface area contributed by atoms with Gasteiger partial charge in [0.15, 0.2) is 5.13 Å². The van der Waals surface area contributed by atoms with Crippen LogP contribution in [0.25, 0.3) is 0 Å². The minimum atomic E-state index is -0.262. The number of nitrogens with zero attached hydrogens (tertiary/aromatic N) is 2. The lowest BCUT2D eigenvalue weighted by Crippen LogP contribution is -2.28. The van der Waals surface area contributed by atoms with Gasteiger partial charge in [0, 0.05) is 5.38 Å². The van der Waals surface area contributed by atoms with Crippen molar-refractivity contribution >= 4 is 22.4 Å². The molecule has 2 rings (SSSR count). The summed E-state index contributed by atoms with van der Waals surface area (Å²) in [6, 6.07) is -0.262. The predicted octanol–water partition coefficient (Wildman–Crippen LogP) is 1.44. The number of carbonyl (C=O) groups is 1. The summed E-state index contributed by atoms with van der Waals surface area (Å²) >= 11 is 1.32. The van der Waals surface area contributed by atoms with Crippen LogP contribution in [-0.2, 0) is 11.2 Å². The average molecular weight is 266 g/mol. The number of anilines is 1. The topological polar surface area (TPSA) is 94.0 Å². The van der Waals surface area contributed by atoms with Crippen molar-refractivity contribution in [2.24, 2.45) is 0 Å². The number of carbonyl (C=O) groups excluding carboxylic acids is 1. The fourth-order valence-corrected chi connectivity index (χ4v) is 2.06. The van der Waals surface area contributed by atoms with Crippen LogP contribution in [0.3, 0.4) is 0 Å². The van der Waals surface area contributed by atoms with E-state index in [2.05, 4.69) is 15.3 Å². The first-order valence-electron chi connectivity index (χ1n) is 5.46. The highest BCUT2D eigenvalue weighted by Gasteiger charge is 2.15. The van der Waals surface area contributed by atoms with E-state index in [9.17, 15) is 4.79 Å². The van der Waals surface area contributed by atoms with Gasteiger partial charge in [-0.15, -0.1) is 11.3 Å². The summed E-state index contributed by atoms with van der Waals surface area (Å²) < 4.78 is 5.34. The van der Waals surface area contributed by atoms with Crippen molar-refractivity contribution < 1.29 is 9.21 Å². The Morgan fingerprint density at radius 3 is 3.00 bits per heavy atom. The number of nitrogens with two attached hydrogens (primary N) is 1. The number of thiazole rings is 1. The smallest absolute Gasteiger partial charge is 0.226 e. The van der Waals surface area contributed by atoms with E-state index in [0.717, 1.165) is 5.76 Å². The number of amides is 1. The van der Waals surface area contributed by atoms with E-state index < -0.39 is 0 Å². The summed E-state index contributed by atoms with van der Waals surface area (Å²) in [6.07, 6.45) is 1.83. The molecule has 7 heteroatoms. The van der Waals surface area contributed by atoms with E-state index in [0.29, 0.717) is 16.7 Å². The lowest BCUT2D eigenvalue weighted by molar-refractivity contribution is -0.121. The molecule has 0 saturated carbocycles. The molecule has 1 amide bonds. The molecule has 0 spiro atoms. The van der Waals surface area contributed by atoms with Crippen LogP contribution in [0.5, 0.6) is 0 Å². The fraction of sp³-hybridized carbons (Fsp3) is 0.364. The molecule has 0 radical (unpaired) electrons. The number of nitrogens with one attached hydrogen (secondary N) is 1. The van der Waals surface area contributed by atoms with Gasteiger partial charge in [0.2, 0.25) is 11.8 Å². The van der Waals surface area contributed by atoms with Gasteiger partial charge in [0.25, 0.3) is 0 Å². The number of aromatic nitrogens is 2. The Morgan fingerprint density at radius 1 is 1.67 bits per heavy atom. The highest BCUT2D eigenvalue weighted by molar-refractivity contribution is 7.13. The van der Waals surface area contributed by atoms with E-state index >= 15 is 0 Å². The van der Waals surface area contributed by atoms with Crippen molar-refractivity contribution in [3.63, 3.8) is 0 Å². The van der Waals surface area contributed by atoms with E-state index in [1.165, 1.54) is 11.3 Å². The summed E-state index contributed by atoms with van der Waals surface area (Å²) in [5.41, 5.74) is 6.17. The highest BCUT2D eigenvalue weighted by Crippen LogP contribution is 2.14. The van der Waals surface area contributed by atoms with Crippen molar-refractivity contribution in [1.29, 1.82) is 0 Å². The summed E-state index contributed by atoms with van der Waals surface area (Å²) in [5, 5.41) is 5.04. The second-order valence-electron chi connectivity index (χ2n) is 3.95. The Hall–Kier alpha value is -1.89. The molecule has 2 aromatic heterocycles. The molecule has 96 valence electrons. The third-order valence-corrected chi connectivity index (χ3v) is 3.02. The Morgan fingerprint density at radius 2 is 2.44 bits per heavy atom. The van der Waals surface area contributed by atoms with Gasteiger partial charge in [0.05, 0.1) is 18.3 Å². The monoisotopic (exact) mass is 266 g/mol. The first-order valence-corrected chi connectivity index (χ1v) is 6.34. The van der Waals surface area contributed by atoms with Crippen LogP contribution in [-0.4, -0.2) is 15.9 Å². The normalized spacial score (nSPS) is 12.3. The minimum absolute atomic E-state index is 0.136. The van der Waals surface area contributed by atoms with E-state index in [4.69, 9.17) is 10.2 Å². The maximum atomic E-state index is 11.8. The van der Waals surface area contributed by atoms with Crippen LogP contribution in [0.15, 0.2) is 16.0 Å². The van der Waals surface area contributed by atoms with E-state index in [-0.39, 0.29) is 18.4 Å². The third-order valence-electron chi connectivity index (χ3n) is 2.30. The average Bonchev–Trinajstić information content (AvgIpc) is 2.87.